The lowest BCUT2D eigenvalue weighted by atomic mass is 13.9. The average molecular weight is 296 g/mol. The Morgan fingerprint density at radius 2 is 0.733 bits per heavy atom. The minimum absolute atomic E-state index is 3.66. The normalized spacial score (nSPS) is 11.6. The van der Waals surface area contributed by atoms with Crippen LogP contribution in [0.15, 0.2) is 0 Å². The molecule has 0 fully saturated rings. The third-order valence-corrected chi connectivity index (χ3v) is 0. The van der Waals surface area contributed by atoms with Crippen molar-refractivity contribution in [2.24, 2.45) is 10.3 Å². The van der Waals surface area contributed by atoms with Crippen LogP contribution in [0.4, 0.5) is 7.77 Å². The highest BCUT2D eigenvalue weighted by atomic mass is 32.3. The van der Waals surface area contributed by atoms with Gasteiger partial charge in [0.25, 0.3) is 0 Å². The highest BCUT2D eigenvalue weighted by Gasteiger charge is 1.87. The summed E-state index contributed by atoms with van der Waals surface area (Å²) >= 11 is 0. The van der Waals surface area contributed by atoms with Crippen molar-refractivity contribution in [1.29, 1.82) is 0 Å². The zero-order chi connectivity index (χ0) is 13.5. The van der Waals surface area contributed by atoms with E-state index in [1.54, 1.807) is 0 Å². The van der Waals surface area contributed by atoms with Gasteiger partial charge in [0.2, 0.25) is 0 Å². The summed E-state index contributed by atoms with van der Waals surface area (Å²) in [6.45, 7) is 0. The van der Waals surface area contributed by atoms with Crippen LogP contribution in [-0.4, -0.2) is 34.4 Å². The molecule has 0 aliphatic heterocycles. The number of halogens is 2. The molecule has 0 amide bonds. The number of hydrogen-bond donors (Lipinski definition) is 4. The van der Waals surface area contributed by atoms with Crippen LogP contribution in [0.25, 0.3) is 0 Å². The van der Waals surface area contributed by atoms with Crippen LogP contribution in [-0.2, 0) is 31.2 Å². The van der Waals surface area contributed by atoms with Gasteiger partial charge in [-0.05, 0) is 0 Å². The maximum Gasteiger partial charge on any atom is 0.394 e. The minimum atomic E-state index is -4.67. The Morgan fingerprint density at radius 1 is 0.733 bits per heavy atom. The summed E-state index contributed by atoms with van der Waals surface area (Å²) in [6, 6.07) is 0. The molecule has 6 N–H and O–H groups in total. The Kier molecular flexibility index (Phi) is 9.25. The Bertz CT molecular complexity index is 347. The maximum absolute atomic E-state index is 10.4. The first-order valence-corrected chi connectivity index (χ1v) is 6.44. The first-order chi connectivity index (χ1) is 6.00. The molecular weight excluding hydrogens is 290 g/mol. The lowest BCUT2D eigenvalue weighted by Gasteiger charge is -1.68. The van der Waals surface area contributed by atoms with Gasteiger partial charge >= 0.3 is 31.2 Å². The topological polar surface area (TPSA) is 195 Å². The van der Waals surface area contributed by atoms with Crippen molar-refractivity contribution < 1.29 is 42.1 Å². The molecule has 0 rings (SSSR count). The molecule has 0 aliphatic carbocycles. The van der Waals surface area contributed by atoms with Crippen molar-refractivity contribution in [2.75, 3.05) is 0 Å². The highest BCUT2D eigenvalue weighted by Crippen LogP contribution is 1.68. The van der Waals surface area contributed by atoms with Crippen LogP contribution >= 0.6 is 0 Å². The van der Waals surface area contributed by atoms with Gasteiger partial charge in [-0.2, -0.15) is 25.3 Å². The van der Waals surface area contributed by atoms with Crippen LogP contribution < -0.4 is 10.3 Å². The highest BCUT2D eigenvalue weighted by molar-refractivity contribution is 7.84. The number of nitrogens with two attached hydrogens (primary N) is 2. The molecule has 15 heavy (non-hydrogen) atoms. The van der Waals surface area contributed by atoms with Crippen LogP contribution in [0.1, 0.15) is 0 Å². The lowest BCUT2D eigenvalue weighted by Crippen LogP contribution is -2.01. The summed E-state index contributed by atoms with van der Waals surface area (Å²) in [4.78, 5) is 0. The van der Waals surface area contributed by atoms with E-state index in [0.29, 0.717) is 0 Å². The number of hydrogen-bond acceptors (Lipinski definition) is 6. The molecule has 0 radical (unpaired) electrons. The van der Waals surface area contributed by atoms with Crippen molar-refractivity contribution in [1.82, 2.24) is 0 Å². The van der Waals surface area contributed by atoms with Crippen molar-refractivity contribution >= 4 is 31.2 Å². The van der Waals surface area contributed by atoms with Gasteiger partial charge in [0, 0.05) is 0 Å². The zero-order valence-corrected chi connectivity index (χ0v) is 8.93. The Hall–Kier alpha value is -0.450. The van der Waals surface area contributed by atoms with Gasteiger partial charge in [-0.1, -0.05) is 7.77 Å². The Labute approximate surface area is 84.1 Å². The first-order valence-electron chi connectivity index (χ1n) is 2.15. The molecular formula is H6F2N2O8S3. The minimum Gasteiger partial charge on any atom is -0.264 e. The van der Waals surface area contributed by atoms with E-state index < -0.39 is 31.2 Å². The monoisotopic (exact) mass is 296 g/mol. The van der Waals surface area contributed by atoms with E-state index in [2.05, 4.69) is 10.3 Å². The molecule has 0 atom stereocenters. The molecule has 10 nitrogen and oxygen atoms in total. The summed E-state index contributed by atoms with van der Waals surface area (Å²) in [6.07, 6.45) is 0. The van der Waals surface area contributed by atoms with Crippen molar-refractivity contribution in [3.63, 3.8) is 0 Å². The van der Waals surface area contributed by atoms with E-state index in [1.165, 1.54) is 0 Å². The molecule has 0 aliphatic rings. The van der Waals surface area contributed by atoms with Gasteiger partial charge in [0.1, 0.15) is 0 Å². The van der Waals surface area contributed by atoms with Gasteiger partial charge in [-0.25, -0.2) is 10.3 Å². The fourth-order valence-electron chi connectivity index (χ4n) is 0. The molecule has 0 saturated carbocycles. The second-order valence-electron chi connectivity index (χ2n) is 1.40. The second-order valence-corrected chi connectivity index (χ2v) is 4.20. The Balaban J connectivity index is -0.000000144. The van der Waals surface area contributed by atoms with Crippen LogP contribution in [0, 0.1) is 0 Å². The molecule has 0 aromatic heterocycles. The standard InChI is InChI=1S/2FH2NO2S.H2O4S/c3*1-5(2,3)4/h2*(H2,2,3,4);(H2,1,2,3,4). The van der Waals surface area contributed by atoms with E-state index in [1.807, 2.05) is 0 Å². The van der Waals surface area contributed by atoms with E-state index >= 15 is 0 Å². The fourth-order valence-corrected chi connectivity index (χ4v) is 0. The van der Waals surface area contributed by atoms with Crippen LogP contribution in [0.5, 0.6) is 0 Å². The third-order valence-electron chi connectivity index (χ3n) is 0. The molecule has 0 unspecified atom stereocenters. The molecule has 0 heterocycles. The summed E-state index contributed by atoms with van der Waals surface area (Å²) in [5.74, 6) is 0. The van der Waals surface area contributed by atoms with Crippen molar-refractivity contribution in [3.05, 3.63) is 0 Å². The molecule has 0 spiro atoms. The van der Waals surface area contributed by atoms with Crippen LogP contribution in [0.3, 0.4) is 0 Å². The first kappa shape index (κ1) is 20.0. The maximum atomic E-state index is 10.4. The third kappa shape index (κ3) is 8930. The van der Waals surface area contributed by atoms with Gasteiger partial charge in [0.05, 0.1) is 0 Å². The predicted octanol–water partition coefficient (Wildman–Crippen LogP) is -2.33. The molecule has 0 bridgehead atoms. The second kappa shape index (κ2) is 6.93. The lowest BCUT2D eigenvalue weighted by molar-refractivity contribution is 0.381. The van der Waals surface area contributed by atoms with E-state index in [9.17, 15) is 7.77 Å². The van der Waals surface area contributed by atoms with Gasteiger partial charge in [-0.15, -0.1) is 0 Å². The molecule has 0 saturated heterocycles. The summed E-state index contributed by atoms with van der Waals surface area (Å²) in [5, 5.41) is 7.32. The fraction of sp³-hybridized carbons (Fsp3) is 0. The average Bonchev–Trinajstić information content (AvgIpc) is 1.41. The predicted molar refractivity (Wildman–Crippen MR) is 42.6 cm³/mol. The smallest absolute Gasteiger partial charge is 0.264 e. The molecule has 15 heteroatoms. The summed E-state index contributed by atoms with van der Waals surface area (Å²) in [5.41, 5.74) is 0. The zero-order valence-electron chi connectivity index (χ0n) is 6.48. The number of rotatable bonds is 0. The largest absolute Gasteiger partial charge is 0.394 e. The summed E-state index contributed by atoms with van der Waals surface area (Å²) < 4.78 is 87.4. The van der Waals surface area contributed by atoms with Crippen LogP contribution in [0.2, 0.25) is 0 Å². The van der Waals surface area contributed by atoms with Crippen molar-refractivity contribution in [2.45, 2.75) is 0 Å². The molecule has 0 aromatic rings. The van der Waals surface area contributed by atoms with Gasteiger partial charge < -0.3 is 0 Å². The quantitative estimate of drug-likeness (QED) is 0.282. The van der Waals surface area contributed by atoms with E-state index in [-0.39, 0.29) is 0 Å². The van der Waals surface area contributed by atoms with E-state index in [0.717, 1.165) is 0 Å². The van der Waals surface area contributed by atoms with Gasteiger partial charge in [-0.3, -0.25) is 9.11 Å². The molecule has 0 aromatic carbocycles. The summed E-state index contributed by atoms with van der Waals surface area (Å²) in [7, 11) is -14.0. The van der Waals surface area contributed by atoms with E-state index in [4.69, 9.17) is 34.4 Å². The SMILES string of the molecule is NS(=O)(=O)F.NS(=O)(=O)F.O=S(=O)(O)O. The van der Waals surface area contributed by atoms with Crippen molar-refractivity contribution in [3.8, 4) is 0 Å². The molecule has 96 valence electrons. The Morgan fingerprint density at radius 3 is 0.733 bits per heavy atom. The van der Waals surface area contributed by atoms with Gasteiger partial charge in [0.15, 0.2) is 0 Å².